The molecule has 2 aliphatic rings. The topological polar surface area (TPSA) is 70.8 Å². The van der Waals surface area contributed by atoms with Gasteiger partial charge in [-0.2, -0.15) is 4.31 Å². The summed E-state index contributed by atoms with van der Waals surface area (Å²) in [6, 6.07) is 1.68. The van der Waals surface area contributed by atoms with Gasteiger partial charge in [-0.25, -0.2) is 8.42 Å². The molecule has 0 spiro atoms. The average Bonchev–Trinajstić information content (AvgIpc) is 3.36. The van der Waals surface area contributed by atoms with Crippen LogP contribution in [0.3, 0.4) is 0 Å². The van der Waals surface area contributed by atoms with E-state index < -0.39 is 10.0 Å². The van der Waals surface area contributed by atoms with Crippen LogP contribution in [0, 0.1) is 12.8 Å². The largest absolute Gasteiger partial charge is 0.455 e. The Kier molecular flexibility index (Phi) is 6.31. The summed E-state index contributed by atoms with van der Waals surface area (Å²) in [6.07, 6.45) is 7.01. The minimum absolute atomic E-state index is 0.142. The maximum absolute atomic E-state index is 13.2. The Morgan fingerprint density at radius 3 is 2.44 bits per heavy atom. The fraction of sp³-hybridized carbons (Fsp3) is 0.750. The second-order valence-electron chi connectivity index (χ2n) is 8.26. The highest BCUT2D eigenvalue weighted by Crippen LogP contribution is 2.30. The summed E-state index contributed by atoms with van der Waals surface area (Å²) in [5.41, 5.74) is 0. The summed E-state index contributed by atoms with van der Waals surface area (Å²) in [5, 5.41) is 0. The Morgan fingerprint density at radius 1 is 1.22 bits per heavy atom. The second kappa shape index (κ2) is 8.35. The maximum Gasteiger partial charge on any atom is 0.289 e. The molecule has 1 aliphatic carbocycles. The van der Waals surface area contributed by atoms with Gasteiger partial charge in [-0.15, -0.1) is 0 Å². The monoisotopic (exact) mass is 396 g/mol. The quantitative estimate of drug-likeness (QED) is 0.703. The van der Waals surface area contributed by atoms with Crippen molar-refractivity contribution in [1.82, 2.24) is 9.21 Å². The molecule has 152 valence electrons. The highest BCUT2D eigenvalue weighted by molar-refractivity contribution is 7.89. The normalized spacial score (nSPS) is 19.3. The summed E-state index contributed by atoms with van der Waals surface area (Å²) in [5.74, 6) is 0.793. The van der Waals surface area contributed by atoms with Crippen LogP contribution in [-0.2, 0) is 10.0 Å². The predicted molar refractivity (Wildman–Crippen MR) is 104 cm³/mol. The molecule has 0 N–H and O–H groups in total. The number of aryl methyl sites for hydroxylation is 1. The third kappa shape index (κ3) is 4.40. The Morgan fingerprint density at radius 2 is 1.85 bits per heavy atom. The molecule has 1 saturated carbocycles. The second-order valence-corrected chi connectivity index (χ2v) is 10.2. The molecule has 0 bridgehead atoms. The van der Waals surface area contributed by atoms with Crippen LogP contribution in [0.5, 0.6) is 0 Å². The fourth-order valence-electron chi connectivity index (χ4n) is 4.10. The van der Waals surface area contributed by atoms with Gasteiger partial charge in [0.1, 0.15) is 10.7 Å². The van der Waals surface area contributed by atoms with Gasteiger partial charge in [-0.3, -0.25) is 4.79 Å². The first kappa shape index (κ1) is 20.4. The Balaban J connectivity index is 1.84. The molecule has 6 nitrogen and oxygen atoms in total. The number of rotatable bonds is 7. The van der Waals surface area contributed by atoms with Crippen molar-refractivity contribution in [2.75, 3.05) is 19.6 Å². The highest BCUT2D eigenvalue weighted by Gasteiger charge is 2.34. The summed E-state index contributed by atoms with van der Waals surface area (Å²) >= 11 is 0. The molecule has 1 aromatic heterocycles. The smallest absolute Gasteiger partial charge is 0.289 e. The third-order valence-corrected chi connectivity index (χ3v) is 7.75. The minimum atomic E-state index is -3.58. The van der Waals surface area contributed by atoms with Crippen LogP contribution in [0.15, 0.2) is 15.4 Å². The van der Waals surface area contributed by atoms with Gasteiger partial charge in [0.2, 0.25) is 10.0 Å². The molecular weight excluding hydrogens is 364 g/mol. The van der Waals surface area contributed by atoms with Crippen molar-refractivity contribution in [1.29, 1.82) is 0 Å². The molecule has 0 radical (unpaired) electrons. The summed E-state index contributed by atoms with van der Waals surface area (Å²) < 4.78 is 32.9. The van der Waals surface area contributed by atoms with E-state index in [-0.39, 0.29) is 22.6 Å². The van der Waals surface area contributed by atoms with Gasteiger partial charge >= 0.3 is 0 Å². The number of carbonyl (C=O) groups excluding carboxylic acids is 1. The van der Waals surface area contributed by atoms with Gasteiger partial charge in [-0.05, 0) is 44.9 Å². The van der Waals surface area contributed by atoms with E-state index in [0.717, 1.165) is 44.9 Å². The highest BCUT2D eigenvalue weighted by atomic mass is 32.2. The van der Waals surface area contributed by atoms with E-state index in [9.17, 15) is 13.2 Å². The minimum Gasteiger partial charge on any atom is -0.455 e. The van der Waals surface area contributed by atoms with Crippen LogP contribution in [0.1, 0.15) is 75.1 Å². The van der Waals surface area contributed by atoms with Crippen molar-refractivity contribution in [3.8, 4) is 0 Å². The van der Waals surface area contributed by atoms with E-state index in [0.29, 0.717) is 31.3 Å². The number of hydrogen-bond donors (Lipinski definition) is 0. The van der Waals surface area contributed by atoms with Crippen LogP contribution in [0.4, 0.5) is 0 Å². The molecule has 1 aliphatic heterocycles. The van der Waals surface area contributed by atoms with Crippen LogP contribution < -0.4 is 0 Å². The molecule has 3 rings (SSSR count). The summed E-state index contributed by atoms with van der Waals surface area (Å²) in [4.78, 5) is 15.2. The first-order chi connectivity index (χ1) is 12.8. The molecule has 0 unspecified atom stereocenters. The molecule has 1 amide bonds. The van der Waals surface area contributed by atoms with Crippen LogP contribution in [0.2, 0.25) is 0 Å². The number of amides is 1. The van der Waals surface area contributed by atoms with Gasteiger partial charge in [0.15, 0.2) is 5.76 Å². The number of nitrogens with zero attached hydrogens (tertiary/aromatic N) is 2. The van der Waals surface area contributed by atoms with Crippen molar-refractivity contribution in [3.63, 3.8) is 0 Å². The molecule has 27 heavy (non-hydrogen) atoms. The van der Waals surface area contributed by atoms with E-state index in [4.69, 9.17) is 4.42 Å². The SMILES string of the molecule is Cc1oc(C(=O)N(CCC(C)C)C2CCCC2)cc1S(=O)(=O)N1CCCC1. The lowest BCUT2D eigenvalue weighted by Crippen LogP contribution is -2.39. The molecule has 0 aromatic carbocycles. The molecule has 0 atom stereocenters. The standard InChI is InChI=1S/C20H32N2O4S/c1-15(2)10-13-22(17-8-4-5-9-17)20(23)18-14-19(16(3)26-18)27(24,25)21-11-6-7-12-21/h14-15,17H,4-13H2,1-3H3. The van der Waals surface area contributed by atoms with Gasteiger partial charge in [0.25, 0.3) is 5.91 Å². The Bertz CT molecular complexity index is 757. The first-order valence-electron chi connectivity index (χ1n) is 10.2. The molecule has 1 aromatic rings. The van der Waals surface area contributed by atoms with Gasteiger partial charge in [0.05, 0.1) is 0 Å². The van der Waals surface area contributed by atoms with Crippen LogP contribution in [-0.4, -0.2) is 49.2 Å². The zero-order valence-electron chi connectivity index (χ0n) is 16.7. The lowest BCUT2D eigenvalue weighted by molar-refractivity contribution is 0.0638. The zero-order valence-corrected chi connectivity index (χ0v) is 17.6. The maximum atomic E-state index is 13.2. The molecular formula is C20H32N2O4S. The van der Waals surface area contributed by atoms with E-state index in [2.05, 4.69) is 13.8 Å². The Labute approximate surface area is 162 Å². The zero-order chi connectivity index (χ0) is 19.6. The number of sulfonamides is 1. The first-order valence-corrected chi connectivity index (χ1v) is 11.7. The van der Waals surface area contributed by atoms with E-state index in [1.165, 1.54) is 10.4 Å². The van der Waals surface area contributed by atoms with Gasteiger partial charge in [0, 0.05) is 31.7 Å². The number of carbonyl (C=O) groups is 1. The van der Waals surface area contributed by atoms with E-state index in [1.807, 2.05) is 4.90 Å². The number of hydrogen-bond acceptors (Lipinski definition) is 4. The predicted octanol–water partition coefficient (Wildman–Crippen LogP) is 3.80. The molecule has 7 heteroatoms. The van der Waals surface area contributed by atoms with Crippen LogP contribution >= 0.6 is 0 Å². The van der Waals surface area contributed by atoms with Gasteiger partial charge < -0.3 is 9.32 Å². The van der Waals surface area contributed by atoms with E-state index >= 15 is 0 Å². The lowest BCUT2D eigenvalue weighted by Gasteiger charge is -2.29. The molecule has 2 heterocycles. The Hall–Kier alpha value is -1.34. The van der Waals surface area contributed by atoms with Crippen LogP contribution in [0.25, 0.3) is 0 Å². The van der Waals surface area contributed by atoms with E-state index in [1.54, 1.807) is 6.92 Å². The fourth-order valence-corrected chi connectivity index (χ4v) is 5.78. The van der Waals surface area contributed by atoms with Crippen molar-refractivity contribution < 1.29 is 17.6 Å². The molecule has 2 fully saturated rings. The van der Waals surface area contributed by atoms with Crippen molar-refractivity contribution in [3.05, 3.63) is 17.6 Å². The van der Waals surface area contributed by atoms with Crippen molar-refractivity contribution in [2.24, 2.45) is 5.92 Å². The lowest BCUT2D eigenvalue weighted by atomic mass is 10.1. The van der Waals surface area contributed by atoms with Gasteiger partial charge in [-0.1, -0.05) is 26.7 Å². The van der Waals surface area contributed by atoms with Crippen molar-refractivity contribution >= 4 is 15.9 Å². The summed E-state index contributed by atoms with van der Waals surface area (Å²) in [7, 11) is -3.58. The number of furan rings is 1. The average molecular weight is 397 g/mol. The third-order valence-electron chi connectivity index (χ3n) is 5.74. The molecule has 1 saturated heterocycles. The summed E-state index contributed by atoms with van der Waals surface area (Å²) in [6.45, 7) is 7.70. The van der Waals surface area contributed by atoms with Crippen molar-refractivity contribution in [2.45, 2.75) is 76.7 Å².